The van der Waals surface area contributed by atoms with E-state index in [4.69, 9.17) is 16.3 Å². The van der Waals surface area contributed by atoms with Crippen LogP contribution in [0.2, 0.25) is 5.02 Å². The zero-order chi connectivity index (χ0) is 22.6. The van der Waals surface area contributed by atoms with Crippen molar-refractivity contribution in [3.8, 4) is 0 Å². The molecule has 4 rings (SSSR count). The first-order chi connectivity index (χ1) is 15.4. The van der Waals surface area contributed by atoms with Gasteiger partial charge in [0.25, 0.3) is 0 Å². The van der Waals surface area contributed by atoms with Crippen LogP contribution in [-0.4, -0.2) is 58.0 Å². The summed E-state index contributed by atoms with van der Waals surface area (Å²) in [5, 5.41) is 3.46. The fourth-order valence-electron chi connectivity index (χ4n) is 4.11. The second-order valence-corrected chi connectivity index (χ2v) is 10.5. The van der Waals surface area contributed by atoms with Crippen molar-refractivity contribution < 1.29 is 17.9 Å². The molecule has 32 heavy (non-hydrogen) atoms. The average molecular weight is 478 g/mol. The number of nitrogens with one attached hydrogen (secondary N) is 1. The number of ether oxygens (including phenoxy) is 1. The molecule has 0 spiro atoms. The maximum atomic E-state index is 12.9. The number of rotatable bonds is 6. The molecular weight excluding hydrogens is 450 g/mol. The Hall–Kier alpha value is -2.13. The van der Waals surface area contributed by atoms with Gasteiger partial charge < -0.3 is 15.0 Å². The maximum Gasteiger partial charge on any atom is 0.243 e. The lowest BCUT2D eigenvalue weighted by atomic mass is 9.98. The molecule has 0 aromatic heterocycles. The first-order valence-electron chi connectivity index (χ1n) is 10.9. The molecule has 0 saturated carbocycles. The lowest BCUT2D eigenvalue weighted by Crippen LogP contribution is -2.45. The summed E-state index contributed by atoms with van der Waals surface area (Å²) >= 11 is 5.88. The molecule has 2 aromatic carbocycles. The molecule has 2 aliphatic heterocycles. The topological polar surface area (TPSA) is 79.0 Å². The van der Waals surface area contributed by atoms with E-state index in [9.17, 15) is 13.2 Å². The minimum atomic E-state index is -3.65. The Bertz CT molecular complexity index is 1020. The van der Waals surface area contributed by atoms with Crippen LogP contribution in [-0.2, 0) is 26.1 Å². The molecule has 2 saturated heterocycles. The largest absolute Gasteiger partial charge is 0.378 e. The molecule has 9 heteroatoms. The van der Waals surface area contributed by atoms with E-state index in [1.807, 2.05) is 12.1 Å². The summed E-state index contributed by atoms with van der Waals surface area (Å²) in [6.07, 6.45) is 1.33. The van der Waals surface area contributed by atoms with Crippen molar-refractivity contribution in [3.05, 3.63) is 59.1 Å². The molecule has 2 aliphatic rings. The van der Waals surface area contributed by atoms with E-state index in [0.29, 0.717) is 31.0 Å². The Morgan fingerprint density at radius 1 is 1.03 bits per heavy atom. The SMILES string of the molecule is O=C(NCc1ccc(N2CCOCC2)cc1)C1CCCN(S(=O)(=O)c2ccc(Cl)cc2)C1. The van der Waals surface area contributed by atoms with E-state index in [2.05, 4.69) is 22.3 Å². The van der Waals surface area contributed by atoms with Crippen molar-refractivity contribution in [2.75, 3.05) is 44.3 Å². The van der Waals surface area contributed by atoms with E-state index >= 15 is 0 Å². The number of piperidine rings is 1. The van der Waals surface area contributed by atoms with Gasteiger partial charge in [0, 0.05) is 43.4 Å². The fourth-order valence-corrected chi connectivity index (χ4v) is 5.76. The van der Waals surface area contributed by atoms with E-state index in [1.165, 1.54) is 16.4 Å². The minimum Gasteiger partial charge on any atom is -0.378 e. The number of anilines is 1. The average Bonchev–Trinajstić information content (AvgIpc) is 2.84. The van der Waals surface area contributed by atoms with Crippen molar-refractivity contribution in [1.82, 2.24) is 9.62 Å². The normalized spacial score (nSPS) is 20.2. The van der Waals surface area contributed by atoms with E-state index < -0.39 is 10.0 Å². The van der Waals surface area contributed by atoms with Crippen LogP contribution in [0.4, 0.5) is 5.69 Å². The number of hydrogen-bond donors (Lipinski definition) is 1. The third-order valence-corrected chi connectivity index (χ3v) is 8.12. The Kier molecular flexibility index (Phi) is 7.35. The summed E-state index contributed by atoms with van der Waals surface area (Å²) in [6, 6.07) is 14.3. The molecule has 1 amide bonds. The zero-order valence-corrected chi connectivity index (χ0v) is 19.4. The Morgan fingerprint density at radius 3 is 2.41 bits per heavy atom. The Morgan fingerprint density at radius 2 is 1.72 bits per heavy atom. The number of halogens is 1. The molecular formula is C23H28ClN3O4S. The lowest BCUT2D eigenvalue weighted by Gasteiger charge is -2.31. The first kappa shape index (κ1) is 23.0. The van der Waals surface area contributed by atoms with Gasteiger partial charge in [0.1, 0.15) is 0 Å². The summed E-state index contributed by atoms with van der Waals surface area (Å²) < 4.78 is 32.7. The second kappa shape index (κ2) is 10.2. The molecule has 0 aliphatic carbocycles. The summed E-state index contributed by atoms with van der Waals surface area (Å²) in [5.41, 5.74) is 2.16. The van der Waals surface area contributed by atoms with Crippen LogP contribution >= 0.6 is 11.6 Å². The monoisotopic (exact) mass is 477 g/mol. The number of amides is 1. The molecule has 1 N–H and O–H groups in total. The lowest BCUT2D eigenvalue weighted by molar-refractivity contribution is -0.126. The van der Waals surface area contributed by atoms with Gasteiger partial charge >= 0.3 is 0 Å². The third-order valence-electron chi connectivity index (χ3n) is 5.99. The standard InChI is InChI=1S/C23H28ClN3O4S/c24-20-5-9-22(10-6-20)32(29,30)27-11-1-2-19(17-27)23(28)25-16-18-3-7-21(8-4-18)26-12-14-31-15-13-26/h3-10,19H,1-2,11-17H2,(H,25,28). The highest BCUT2D eigenvalue weighted by molar-refractivity contribution is 7.89. The molecule has 172 valence electrons. The number of morpholine rings is 1. The first-order valence-corrected chi connectivity index (χ1v) is 12.7. The van der Waals surface area contributed by atoms with Gasteiger partial charge in [0.15, 0.2) is 0 Å². The predicted molar refractivity (Wildman–Crippen MR) is 124 cm³/mol. The van der Waals surface area contributed by atoms with Gasteiger partial charge in [-0.15, -0.1) is 0 Å². The molecule has 2 aromatic rings. The van der Waals surface area contributed by atoms with Gasteiger partial charge in [-0.2, -0.15) is 4.31 Å². The number of carbonyl (C=O) groups is 1. The molecule has 1 atom stereocenters. The smallest absolute Gasteiger partial charge is 0.243 e. The highest BCUT2D eigenvalue weighted by Gasteiger charge is 2.33. The van der Waals surface area contributed by atoms with Gasteiger partial charge in [0.2, 0.25) is 15.9 Å². The number of carbonyl (C=O) groups excluding carboxylic acids is 1. The molecule has 0 bridgehead atoms. The number of nitrogens with zero attached hydrogens (tertiary/aromatic N) is 2. The predicted octanol–water partition coefficient (Wildman–Crippen LogP) is 2.89. The van der Waals surface area contributed by atoms with Gasteiger partial charge in [-0.25, -0.2) is 8.42 Å². The van der Waals surface area contributed by atoms with Gasteiger partial charge in [-0.1, -0.05) is 23.7 Å². The zero-order valence-electron chi connectivity index (χ0n) is 17.9. The summed E-state index contributed by atoms with van der Waals surface area (Å²) in [5.74, 6) is -0.475. The van der Waals surface area contributed by atoms with Crippen LogP contribution in [0.15, 0.2) is 53.4 Å². The van der Waals surface area contributed by atoms with Crippen LogP contribution in [0.3, 0.4) is 0 Å². The summed E-state index contributed by atoms with van der Waals surface area (Å²) in [7, 11) is -3.65. The van der Waals surface area contributed by atoms with Crippen LogP contribution in [0.25, 0.3) is 0 Å². The number of benzene rings is 2. The summed E-state index contributed by atoms with van der Waals surface area (Å²) in [4.78, 5) is 15.2. The molecule has 2 heterocycles. The Balaban J connectivity index is 1.33. The molecule has 7 nitrogen and oxygen atoms in total. The second-order valence-electron chi connectivity index (χ2n) is 8.14. The van der Waals surface area contributed by atoms with Gasteiger partial charge in [-0.3, -0.25) is 4.79 Å². The van der Waals surface area contributed by atoms with Crippen LogP contribution in [0.1, 0.15) is 18.4 Å². The third kappa shape index (κ3) is 5.43. The van der Waals surface area contributed by atoms with E-state index in [0.717, 1.165) is 37.6 Å². The van der Waals surface area contributed by atoms with E-state index in [-0.39, 0.29) is 23.3 Å². The van der Waals surface area contributed by atoms with E-state index in [1.54, 1.807) is 12.1 Å². The van der Waals surface area contributed by atoms with Gasteiger partial charge in [0.05, 0.1) is 24.0 Å². The van der Waals surface area contributed by atoms with Crippen molar-refractivity contribution in [2.45, 2.75) is 24.3 Å². The molecule has 2 fully saturated rings. The van der Waals surface area contributed by atoms with Crippen molar-refractivity contribution in [3.63, 3.8) is 0 Å². The van der Waals surface area contributed by atoms with Crippen molar-refractivity contribution in [2.24, 2.45) is 5.92 Å². The van der Waals surface area contributed by atoms with Crippen LogP contribution < -0.4 is 10.2 Å². The van der Waals surface area contributed by atoms with Crippen LogP contribution in [0.5, 0.6) is 0 Å². The Labute approximate surface area is 194 Å². The highest BCUT2D eigenvalue weighted by Crippen LogP contribution is 2.25. The van der Waals surface area contributed by atoms with Crippen molar-refractivity contribution >= 4 is 33.2 Å². The van der Waals surface area contributed by atoms with Crippen molar-refractivity contribution in [1.29, 1.82) is 0 Å². The quantitative estimate of drug-likeness (QED) is 0.692. The van der Waals surface area contributed by atoms with Gasteiger partial charge in [-0.05, 0) is 54.8 Å². The highest BCUT2D eigenvalue weighted by atomic mass is 35.5. The minimum absolute atomic E-state index is 0.113. The summed E-state index contributed by atoms with van der Waals surface area (Å²) in [6.45, 7) is 4.27. The maximum absolute atomic E-state index is 12.9. The number of hydrogen-bond acceptors (Lipinski definition) is 5. The molecule has 1 unspecified atom stereocenters. The molecule has 0 radical (unpaired) electrons. The fraction of sp³-hybridized carbons (Fsp3) is 0.435. The number of sulfonamides is 1. The van der Waals surface area contributed by atoms with Crippen LogP contribution in [0, 0.1) is 5.92 Å².